The van der Waals surface area contributed by atoms with Gasteiger partial charge in [0.05, 0.1) is 0 Å². The van der Waals surface area contributed by atoms with E-state index in [1.54, 1.807) is 0 Å². The van der Waals surface area contributed by atoms with Crippen molar-refractivity contribution >= 4 is 44.9 Å². The predicted octanol–water partition coefficient (Wildman–Crippen LogP) is 12.1. The van der Waals surface area contributed by atoms with Crippen LogP contribution in [0.25, 0.3) is 0 Å². The zero-order valence-electron chi connectivity index (χ0n) is 27.6. The van der Waals surface area contributed by atoms with E-state index >= 15 is 0 Å². The van der Waals surface area contributed by atoms with E-state index in [9.17, 15) is 25.2 Å². The Morgan fingerprint density at radius 3 is 0.788 bits per heavy atom. The fourth-order valence-corrected chi connectivity index (χ4v) is 10.2. The minimum atomic E-state index is -10.7. The van der Waals surface area contributed by atoms with Gasteiger partial charge in [-0.15, -0.1) is 0 Å². The monoisotopic (exact) mass is 897 g/mol. The molecule has 52 heavy (non-hydrogen) atoms. The number of rotatable bonds is 6. The summed E-state index contributed by atoms with van der Waals surface area (Å²) in [5.74, 6) is 1.62. The first kappa shape index (κ1) is 44.8. The van der Waals surface area contributed by atoms with Crippen LogP contribution in [0, 0.1) is 74.5 Å². The number of hydrogen-bond donors (Lipinski definition) is 0. The molecule has 0 heterocycles. The summed E-state index contributed by atoms with van der Waals surface area (Å²) in [6.07, 6.45) is 27.9. The number of fused-ring (bicyclic) bond motifs is 2. The third-order valence-electron chi connectivity index (χ3n) is 7.62. The molecule has 0 atom stereocenters. The van der Waals surface area contributed by atoms with Gasteiger partial charge >= 0.3 is 49.8 Å². The van der Waals surface area contributed by atoms with Crippen LogP contribution < -0.4 is 21.2 Å². The van der Waals surface area contributed by atoms with Gasteiger partial charge in [-0.05, 0) is 107 Å². The molecule has 0 saturated heterocycles. The second kappa shape index (κ2) is 19.8. The van der Waals surface area contributed by atoms with Crippen LogP contribution in [-0.2, 0) is 36.3 Å². The van der Waals surface area contributed by atoms with Crippen LogP contribution >= 0.6 is 23.7 Å². The molecule has 2 saturated carbocycles. The third kappa shape index (κ3) is 16.0. The van der Waals surface area contributed by atoms with E-state index in [4.69, 9.17) is 0 Å². The van der Waals surface area contributed by atoms with E-state index in [0.29, 0.717) is 0 Å². The summed E-state index contributed by atoms with van der Waals surface area (Å²) in [6, 6.07) is 43.1. The van der Waals surface area contributed by atoms with Gasteiger partial charge in [-0.25, -0.2) is 0 Å². The smallest absolute Gasteiger partial charge is 0.0622 e. The van der Waals surface area contributed by atoms with Gasteiger partial charge in [-0.3, -0.25) is 0 Å². The second-order valence-corrected chi connectivity index (χ2v) is 17.9. The van der Waals surface area contributed by atoms with Crippen molar-refractivity contribution in [2.24, 2.45) is 11.8 Å². The SMILES string of the molecule is C1=CC2C=CC1C2.F[P-](F)(F)(F)(F)F.[CH]1[CH][CH][C](P(c2ccccc2)c2ccccc2)[CH]1.[CH]1[CH][CH][C](P(c2ccccc2)c2ccccc2)[CH]1.[Co+2].[Rh]. The normalized spacial score (nSPS) is 20.2. The van der Waals surface area contributed by atoms with Crippen LogP contribution in [0.15, 0.2) is 146 Å². The molecule has 8 rings (SSSR count). The van der Waals surface area contributed by atoms with E-state index in [1.165, 1.54) is 39.0 Å². The summed E-state index contributed by atoms with van der Waals surface area (Å²) in [6.45, 7) is 0. The minimum Gasteiger partial charge on any atom is -0.0622 e. The molecule has 0 unspecified atom stereocenters. The maximum Gasteiger partial charge on any atom is 2.00 e. The molecule has 2 fully saturated rings. The maximum absolute atomic E-state index is 10.7. The Morgan fingerprint density at radius 1 is 0.404 bits per heavy atom. The van der Waals surface area contributed by atoms with Crippen molar-refractivity contribution in [2.45, 2.75) is 6.42 Å². The molecule has 2 bridgehead atoms. The molecular formula is C41H36CoF6P3Rh+. The number of allylic oxidation sites excluding steroid dienone is 4. The Morgan fingerprint density at radius 2 is 0.615 bits per heavy atom. The fraction of sp³-hybridized carbons (Fsp3) is 0.0732. The van der Waals surface area contributed by atoms with Crippen LogP contribution in [0.1, 0.15) is 6.42 Å². The first-order valence-corrected chi connectivity index (χ1v) is 20.7. The van der Waals surface area contributed by atoms with Crippen molar-refractivity contribution in [3.8, 4) is 0 Å². The first-order valence-electron chi connectivity index (χ1n) is 16.0. The van der Waals surface area contributed by atoms with Crippen LogP contribution in [0.2, 0.25) is 0 Å². The second-order valence-electron chi connectivity index (χ2n) is 11.6. The van der Waals surface area contributed by atoms with E-state index < -0.39 is 23.7 Å². The van der Waals surface area contributed by atoms with Gasteiger partial charge < -0.3 is 0 Å². The zero-order chi connectivity index (χ0) is 35.5. The van der Waals surface area contributed by atoms with Gasteiger partial charge in [0.2, 0.25) is 0 Å². The van der Waals surface area contributed by atoms with Gasteiger partial charge in [0.15, 0.2) is 0 Å². The topological polar surface area (TPSA) is 0 Å². The molecule has 0 amide bonds. The van der Waals surface area contributed by atoms with Crippen LogP contribution in [0.5, 0.6) is 0 Å². The van der Waals surface area contributed by atoms with Crippen molar-refractivity contribution in [1.82, 2.24) is 0 Å². The minimum absolute atomic E-state index is 0. The number of benzene rings is 4. The Labute approximate surface area is 331 Å². The van der Waals surface area contributed by atoms with Gasteiger partial charge in [-0.2, -0.15) is 0 Å². The summed E-state index contributed by atoms with van der Waals surface area (Å²) < 4.78 is 59.2. The van der Waals surface area contributed by atoms with Crippen LogP contribution in [0.3, 0.4) is 0 Å². The largest absolute Gasteiger partial charge is 2.00 e. The molecule has 0 nitrogen and oxygen atoms in total. The molecule has 0 spiro atoms. The Kier molecular flexibility index (Phi) is 17.0. The quantitative estimate of drug-likeness (QED) is 0.0783. The van der Waals surface area contributed by atoms with Crippen molar-refractivity contribution < 1.29 is 61.4 Å². The average Bonchev–Trinajstić information content (AvgIpc) is 3.95. The molecule has 12 radical (unpaired) electrons. The van der Waals surface area contributed by atoms with Crippen LogP contribution in [-0.4, -0.2) is 0 Å². The van der Waals surface area contributed by atoms with Crippen molar-refractivity contribution in [1.29, 1.82) is 0 Å². The Hall–Kier alpha value is -1.64. The summed E-state index contributed by atoms with van der Waals surface area (Å²) in [7, 11) is -11.5. The molecule has 4 aromatic rings. The number of hydrogen-bond acceptors (Lipinski definition) is 0. The van der Waals surface area contributed by atoms with E-state index in [1.807, 2.05) is 0 Å². The van der Waals surface area contributed by atoms with E-state index in [2.05, 4.69) is 197 Å². The van der Waals surface area contributed by atoms with E-state index in [-0.39, 0.29) is 36.3 Å². The number of halogens is 6. The Bertz CT molecular complexity index is 1440. The molecular weight excluding hydrogens is 861 g/mol. The maximum atomic E-state index is 9.87. The van der Waals surface area contributed by atoms with Gasteiger partial charge in [0, 0.05) is 30.8 Å². The molecule has 0 aromatic heterocycles. The zero-order valence-corrected chi connectivity index (χ0v) is 33.0. The van der Waals surface area contributed by atoms with Crippen molar-refractivity contribution in [2.75, 3.05) is 0 Å². The first-order chi connectivity index (χ1) is 23.8. The summed E-state index contributed by atoms with van der Waals surface area (Å²) >= 11 is 0. The molecule has 0 N–H and O–H groups in total. The molecule has 274 valence electrons. The average molecular weight is 897 g/mol. The van der Waals surface area contributed by atoms with Gasteiger partial charge in [-0.1, -0.05) is 146 Å². The summed E-state index contributed by atoms with van der Waals surface area (Å²) in [5, 5.41) is 5.63. The molecule has 4 aliphatic rings. The van der Waals surface area contributed by atoms with Gasteiger partial charge in [0.1, 0.15) is 0 Å². The molecule has 4 aliphatic carbocycles. The van der Waals surface area contributed by atoms with Crippen LogP contribution in [0.4, 0.5) is 25.2 Å². The molecule has 11 heteroatoms. The van der Waals surface area contributed by atoms with Crippen molar-refractivity contribution in [3.63, 3.8) is 0 Å². The fourth-order valence-electron chi connectivity index (χ4n) is 5.56. The van der Waals surface area contributed by atoms with E-state index in [0.717, 1.165) is 11.8 Å². The molecule has 4 aromatic carbocycles. The summed E-state index contributed by atoms with van der Waals surface area (Å²) in [4.78, 5) is 0. The van der Waals surface area contributed by atoms with Crippen molar-refractivity contribution in [3.05, 3.63) is 208 Å². The van der Waals surface area contributed by atoms with Gasteiger partial charge in [0.25, 0.3) is 0 Å². The predicted molar refractivity (Wildman–Crippen MR) is 202 cm³/mol. The Balaban J connectivity index is 0.000000201. The summed E-state index contributed by atoms with van der Waals surface area (Å²) in [5.41, 5.74) is 2.84. The molecule has 0 aliphatic heterocycles. The standard InChI is InChI=1S/2C17H14P.C7H8.Co.F6P.Rh/c2*1-3-9-15(10-4-1)18(17-13-7-8-14-17)16-11-5-2-6-12-16;1-2-7-4-3-6(1)5-7;;1-7(2,3,4,5)6;/h2*1-14H;1-4,6-7H,5H2;;;/q;;;+2;-1;. The third-order valence-corrected chi connectivity index (χ3v) is 12.5.